The van der Waals surface area contributed by atoms with Gasteiger partial charge in [0.25, 0.3) is 5.91 Å². The quantitative estimate of drug-likeness (QED) is 0.675. The molecule has 0 unspecified atom stereocenters. The third-order valence-electron chi connectivity index (χ3n) is 3.33. The number of carbonyl (C=O) groups is 2. The van der Waals surface area contributed by atoms with E-state index in [1.54, 1.807) is 24.3 Å². The van der Waals surface area contributed by atoms with Crippen molar-refractivity contribution in [2.75, 3.05) is 11.9 Å². The lowest BCUT2D eigenvalue weighted by molar-refractivity contribution is -0.274. The van der Waals surface area contributed by atoms with E-state index in [1.165, 1.54) is 18.2 Å². The molecule has 140 valence electrons. The molecule has 6 nitrogen and oxygen atoms in total. The van der Waals surface area contributed by atoms with Gasteiger partial charge in [0.15, 0.2) is 6.61 Å². The first-order chi connectivity index (χ1) is 12.8. The maximum absolute atomic E-state index is 12.1. The first-order valence-electron chi connectivity index (χ1n) is 7.61. The Morgan fingerprint density at radius 2 is 1.74 bits per heavy atom. The predicted molar refractivity (Wildman–Crippen MR) is 88.3 cm³/mol. The standard InChI is InChI=1S/C18H12F3NO5/c19-18(20,21)27-13-7-5-12(6-8-13)22-16(23)10-25-17(24)15-9-11-3-1-2-4-14(11)26-15/h1-9H,10H2,(H,22,23). The van der Waals surface area contributed by atoms with Gasteiger partial charge < -0.3 is 19.2 Å². The Hall–Kier alpha value is -3.49. The van der Waals surface area contributed by atoms with E-state index in [0.29, 0.717) is 5.58 Å². The van der Waals surface area contributed by atoms with Gasteiger partial charge in [-0.05, 0) is 36.4 Å². The third kappa shape index (κ3) is 5.00. The molecule has 0 atom stereocenters. The second-order valence-electron chi connectivity index (χ2n) is 5.34. The lowest BCUT2D eigenvalue weighted by Gasteiger charge is -2.10. The molecule has 0 spiro atoms. The highest BCUT2D eigenvalue weighted by molar-refractivity contribution is 5.96. The van der Waals surface area contributed by atoms with Crippen molar-refractivity contribution in [1.29, 1.82) is 0 Å². The molecule has 2 aromatic carbocycles. The summed E-state index contributed by atoms with van der Waals surface area (Å²) < 4.78 is 50.2. The summed E-state index contributed by atoms with van der Waals surface area (Å²) in [7, 11) is 0. The van der Waals surface area contributed by atoms with E-state index < -0.39 is 30.6 Å². The molecule has 1 aromatic heterocycles. The number of esters is 1. The highest BCUT2D eigenvalue weighted by Gasteiger charge is 2.30. The zero-order chi connectivity index (χ0) is 19.4. The molecule has 0 bridgehead atoms. The Morgan fingerprint density at radius 3 is 2.41 bits per heavy atom. The average Bonchev–Trinajstić information content (AvgIpc) is 3.04. The van der Waals surface area contributed by atoms with Gasteiger partial charge in [0.1, 0.15) is 11.3 Å². The highest BCUT2D eigenvalue weighted by Crippen LogP contribution is 2.24. The van der Waals surface area contributed by atoms with Crippen molar-refractivity contribution in [1.82, 2.24) is 0 Å². The van der Waals surface area contributed by atoms with Crippen LogP contribution in [0.25, 0.3) is 11.0 Å². The van der Waals surface area contributed by atoms with E-state index in [-0.39, 0.29) is 11.4 Å². The van der Waals surface area contributed by atoms with E-state index >= 15 is 0 Å². The number of benzene rings is 2. The second kappa shape index (κ2) is 7.40. The van der Waals surface area contributed by atoms with Gasteiger partial charge in [0, 0.05) is 11.1 Å². The van der Waals surface area contributed by atoms with Crippen LogP contribution in [0.3, 0.4) is 0 Å². The number of para-hydroxylation sites is 1. The van der Waals surface area contributed by atoms with Crippen molar-refractivity contribution in [3.8, 4) is 5.75 Å². The van der Waals surface area contributed by atoms with Gasteiger partial charge in [-0.25, -0.2) is 4.79 Å². The van der Waals surface area contributed by atoms with E-state index in [4.69, 9.17) is 9.15 Å². The summed E-state index contributed by atoms with van der Waals surface area (Å²) in [5, 5.41) is 3.10. The van der Waals surface area contributed by atoms with E-state index in [9.17, 15) is 22.8 Å². The smallest absolute Gasteiger partial charge is 0.450 e. The molecule has 0 aliphatic carbocycles. The van der Waals surface area contributed by atoms with Crippen molar-refractivity contribution in [3.63, 3.8) is 0 Å². The zero-order valence-electron chi connectivity index (χ0n) is 13.6. The number of halogens is 3. The van der Waals surface area contributed by atoms with Crippen molar-refractivity contribution in [2.24, 2.45) is 0 Å². The van der Waals surface area contributed by atoms with Crippen LogP contribution >= 0.6 is 0 Å². The Labute approximate surface area is 150 Å². The molecule has 0 saturated heterocycles. The molecule has 0 radical (unpaired) electrons. The second-order valence-corrected chi connectivity index (χ2v) is 5.34. The fraction of sp³-hybridized carbons (Fsp3) is 0.111. The number of nitrogens with one attached hydrogen (secondary N) is 1. The fourth-order valence-corrected chi connectivity index (χ4v) is 2.22. The summed E-state index contributed by atoms with van der Waals surface area (Å²) in [6.45, 7) is -0.587. The lowest BCUT2D eigenvalue weighted by atomic mass is 10.2. The van der Waals surface area contributed by atoms with Gasteiger partial charge in [0.05, 0.1) is 0 Å². The lowest BCUT2D eigenvalue weighted by Crippen LogP contribution is -2.21. The molecule has 0 aliphatic rings. The minimum Gasteiger partial charge on any atom is -0.450 e. The number of hydrogen-bond donors (Lipinski definition) is 1. The fourth-order valence-electron chi connectivity index (χ4n) is 2.22. The van der Waals surface area contributed by atoms with Crippen LogP contribution in [0.1, 0.15) is 10.6 Å². The van der Waals surface area contributed by atoms with E-state index in [1.807, 2.05) is 0 Å². The summed E-state index contributed by atoms with van der Waals surface area (Å²) in [6, 6.07) is 13.0. The summed E-state index contributed by atoms with van der Waals surface area (Å²) in [6.07, 6.45) is -4.80. The van der Waals surface area contributed by atoms with E-state index in [0.717, 1.165) is 17.5 Å². The molecule has 27 heavy (non-hydrogen) atoms. The number of rotatable bonds is 5. The largest absolute Gasteiger partial charge is 0.573 e. The Morgan fingerprint density at radius 1 is 1.04 bits per heavy atom. The minimum absolute atomic E-state index is 0.0438. The molecule has 0 saturated carbocycles. The molecule has 1 heterocycles. The number of hydrogen-bond acceptors (Lipinski definition) is 5. The zero-order valence-corrected chi connectivity index (χ0v) is 13.6. The third-order valence-corrected chi connectivity index (χ3v) is 3.33. The number of amides is 1. The van der Waals surface area contributed by atoms with Gasteiger partial charge in [-0.1, -0.05) is 18.2 Å². The van der Waals surface area contributed by atoms with Crippen LogP contribution in [0.4, 0.5) is 18.9 Å². The topological polar surface area (TPSA) is 77.8 Å². The van der Waals surface area contributed by atoms with Gasteiger partial charge in [0.2, 0.25) is 5.76 Å². The molecular formula is C18H12F3NO5. The summed E-state index contributed by atoms with van der Waals surface area (Å²) in [5.74, 6) is -1.94. The van der Waals surface area contributed by atoms with Gasteiger partial charge in [-0.2, -0.15) is 0 Å². The van der Waals surface area contributed by atoms with Crippen LogP contribution < -0.4 is 10.1 Å². The number of anilines is 1. The summed E-state index contributed by atoms with van der Waals surface area (Å²) >= 11 is 0. The molecule has 3 rings (SSSR count). The van der Waals surface area contributed by atoms with Crippen LogP contribution in [-0.2, 0) is 9.53 Å². The maximum atomic E-state index is 12.1. The number of furan rings is 1. The molecule has 9 heteroatoms. The molecule has 1 amide bonds. The molecule has 0 aliphatic heterocycles. The number of fused-ring (bicyclic) bond motifs is 1. The Kier molecular flexibility index (Phi) is 5.02. The van der Waals surface area contributed by atoms with Gasteiger partial charge in [-0.15, -0.1) is 13.2 Å². The molecule has 1 N–H and O–H groups in total. The van der Waals surface area contributed by atoms with Crippen molar-refractivity contribution < 1.29 is 36.7 Å². The van der Waals surface area contributed by atoms with Crippen LogP contribution in [-0.4, -0.2) is 24.8 Å². The van der Waals surface area contributed by atoms with Crippen LogP contribution in [0, 0.1) is 0 Å². The summed E-state index contributed by atoms with van der Waals surface area (Å²) in [4.78, 5) is 23.7. The van der Waals surface area contributed by atoms with Crippen LogP contribution in [0.2, 0.25) is 0 Å². The maximum Gasteiger partial charge on any atom is 0.573 e. The van der Waals surface area contributed by atoms with Crippen LogP contribution in [0.15, 0.2) is 59.0 Å². The first-order valence-corrected chi connectivity index (χ1v) is 7.61. The molecular weight excluding hydrogens is 367 g/mol. The molecule has 3 aromatic rings. The monoisotopic (exact) mass is 379 g/mol. The number of carbonyl (C=O) groups excluding carboxylic acids is 2. The van der Waals surface area contributed by atoms with Crippen molar-refractivity contribution >= 4 is 28.5 Å². The Bertz CT molecular complexity index is 930. The Balaban J connectivity index is 1.52. The first kappa shape index (κ1) is 18.3. The predicted octanol–water partition coefficient (Wildman–Crippen LogP) is 4.13. The van der Waals surface area contributed by atoms with Gasteiger partial charge >= 0.3 is 12.3 Å². The average molecular weight is 379 g/mol. The summed E-state index contributed by atoms with van der Waals surface area (Å²) in [5.41, 5.74) is 0.726. The SMILES string of the molecule is O=C(COC(=O)c1cc2ccccc2o1)Nc1ccc(OC(F)(F)F)cc1. The number of alkyl halides is 3. The van der Waals surface area contributed by atoms with E-state index in [2.05, 4.69) is 10.1 Å². The minimum atomic E-state index is -4.80. The highest BCUT2D eigenvalue weighted by atomic mass is 19.4. The van der Waals surface area contributed by atoms with Crippen LogP contribution in [0.5, 0.6) is 5.75 Å². The van der Waals surface area contributed by atoms with Crippen molar-refractivity contribution in [2.45, 2.75) is 6.36 Å². The van der Waals surface area contributed by atoms with Gasteiger partial charge in [-0.3, -0.25) is 4.79 Å². The molecule has 0 fully saturated rings. The van der Waals surface area contributed by atoms with Crippen molar-refractivity contribution in [3.05, 3.63) is 60.4 Å². The number of ether oxygens (including phenoxy) is 2. The normalized spacial score (nSPS) is 11.2.